The van der Waals surface area contributed by atoms with Crippen molar-refractivity contribution >= 4 is 97.1 Å². The van der Waals surface area contributed by atoms with Gasteiger partial charge in [-0.25, -0.2) is 19.9 Å². The summed E-state index contributed by atoms with van der Waals surface area (Å²) in [5.74, 6) is -2.86. The summed E-state index contributed by atoms with van der Waals surface area (Å²) >= 11 is 0. The minimum absolute atomic E-state index is 0. The van der Waals surface area contributed by atoms with Crippen LogP contribution in [-0.4, -0.2) is 93.6 Å². The highest BCUT2D eigenvalue weighted by molar-refractivity contribution is 5.96. The molecule has 28 nitrogen and oxygen atoms in total. The largest absolute Gasteiger partial charge is 0.443 e. The highest BCUT2D eigenvalue weighted by atomic mass is 35.5. The van der Waals surface area contributed by atoms with E-state index in [1.54, 1.807) is 0 Å². The number of halogens is 4. The molecule has 0 aromatic carbocycles. The smallest absolute Gasteiger partial charge is 0.274 e. The number of aliphatic imine (C=N–C) groups is 4. The third-order valence-corrected chi connectivity index (χ3v) is 10.3. The van der Waals surface area contributed by atoms with Gasteiger partial charge in [0.25, 0.3) is 23.6 Å². The number of hydrogen-bond acceptors (Lipinski definition) is 16. The first-order valence-corrected chi connectivity index (χ1v) is 21.6. The number of aromatic nitrogens is 4. The Kier molecular flexibility index (Phi) is 25.7. The molecule has 4 amide bonds. The zero-order valence-electron chi connectivity index (χ0n) is 39.9. The molecule has 4 atom stereocenters. The molecule has 0 unspecified atom stereocenters. The summed E-state index contributed by atoms with van der Waals surface area (Å²) in [4.78, 5) is 90.6. The number of oxazole rings is 4. The van der Waals surface area contributed by atoms with Crippen molar-refractivity contribution in [2.75, 3.05) is 26.2 Å². The summed E-state index contributed by atoms with van der Waals surface area (Å²) < 4.78 is 24.1. The van der Waals surface area contributed by atoms with Gasteiger partial charge in [0.05, 0.1) is 0 Å². The Morgan fingerprint density at radius 3 is 0.736 bits per heavy atom. The normalized spacial score (nSPS) is 16.7. The van der Waals surface area contributed by atoms with E-state index in [9.17, 15) is 19.2 Å². The van der Waals surface area contributed by atoms with E-state index < -0.39 is 47.8 Å². The average molecular weight is 1090 g/mol. The fourth-order valence-corrected chi connectivity index (χ4v) is 7.06. The Morgan fingerprint density at radius 1 is 0.389 bits per heavy atom. The van der Waals surface area contributed by atoms with E-state index in [1.807, 2.05) is 0 Å². The molecule has 8 bridgehead atoms. The van der Waals surface area contributed by atoms with Crippen molar-refractivity contribution in [3.8, 4) is 0 Å². The fourth-order valence-electron chi connectivity index (χ4n) is 7.06. The molecule has 5 rings (SSSR count). The molecular weight excluding hydrogens is 1030 g/mol. The lowest BCUT2D eigenvalue weighted by atomic mass is 10.1. The Morgan fingerprint density at radius 2 is 0.569 bits per heavy atom. The zero-order chi connectivity index (χ0) is 49.7. The van der Waals surface area contributed by atoms with Crippen LogP contribution in [0.4, 0.5) is 0 Å². The third-order valence-electron chi connectivity index (χ3n) is 10.3. The number of fused-ring (bicyclic) bond motifs is 8. The van der Waals surface area contributed by atoms with Crippen molar-refractivity contribution in [1.29, 1.82) is 0 Å². The monoisotopic (exact) mass is 1090 g/mol. The highest BCUT2D eigenvalue weighted by Gasteiger charge is 2.33. The van der Waals surface area contributed by atoms with Crippen molar-refractivity contribution < 1.29 is 36.8 Å². The van der Waals surface area contributed by atoms with Gasteiger partial charge in [0.1, 0.15) is 47.2 Å². The Bertz CT molecular complexity index is 2210. The molecule has 4 aromatic heterocycles. The molecule has 20 N–H and O–H groups in total. The zero-order valence-corrected chi connectivity index (χ0v) is 43.2. The summed E-state index contributed by atoms with van der Waals surface area (Å²) in [5, 5.41) is 11.5. The van der Waals surface area contributed by atoms with Crippen LogP contribution in [0.5, 0.6) is 0 Å². The molecule has 0 saturated heterocycles. The molecule has 0 aliphatic carbocycles. The number of carbonyl (C=O) groups is 4. The molecule has 5 heterocycles. The number of hydrogen-bond donors (Lipinski definition) is 12. The first-order valence-electron chi connectivity index (χ1n) is 21.6. The molecule has 0 spiro atoms. The first-order chi connectivity index (χ1) is 32.3. The number of nitrogens with one attached hydrogen (secondary N) is 4. The van der Waals surface area contributed by atoms with Gasteiger partial charge in [-0.15, -0.1) is 49.6 Å². The lowest BCUT2D eigenvalue weighted by Gasteiger charge is -2.16. The van der Waals surface area contributed by atoms with Gasteiger partial charge in [-0.3, -0.25) is 39.1 Å². The maximum atomic E-state index is 14.1. The van der Waals surface area contributed by atoms with Gasteiger partial charge in [-0.1, -0.05) is 0 Å². The number of carbonyl (C=O) groups excluding carboxylic acids is 4. The minimum atomic E-state index is -0.942. The maximum Gasteiger partial charge on any atom is 0.274 e. The van der Waals surface area contributed by atoms with Gasteiger partial charge in [0.15, 0.2) is 46.6 Å². The van der Waals surface area contributed by atoms with Crippen LogP contribution in [0.3, 0.4) is 0 Å². The van der Waals surface area contributed by atoms with E-state index in [-0.39, 0.29) is 195 Å². The van der Waals surface area contributed by atoms with Gasteiger partial charge in [0.2, 0.25) is 23.6 Å². The van der Waals surface area contributed by atoms with E-state index in [2.05, 4.69) is 61.2 Å². The van der Waals surface area contributed by atoms with E-state index >= 15 is 0 Å². The molecule has 4 aromatic rings. The average Bonchev–Trinajstić information content (AvgIpc) is 4.06. The van der Waals surface area contributed by atoms with Crippen molar-refractivity contribution in [3.63, 3.8) is 0 Å². The van der Waals surface area contributed by atoms with Gasteiger partial charge in [-0.2, -0.15) is 0 Å². The summed E-state index contributed by atoms with van der Waals surface area (Å²) in [6, 6.07) is -3.77. The Hall–Kier alpha value is -7.04. The molecule has 1 aliphatic rings. The second kappa shape index (κ2) is 29.3. The second-order valence-electron chi connectivity index (χ2n) is 15.7. The van der Waals surface area contributed by atoms with Gasteiger partial charge in [-0.05, 0) is 79.1 Å². The van der Waals surface area contributed by atoms with Crippen LogP contribution in [0.2, 0.25) is 0 Å². The third kappa shape index (κ3) is 17.7. The van der Waals surface area contributed by atoms with Crippen molar-refractivity contribution in [2.45, 2.75) is 103 Å². The van der Waals surface area contributed by atoms with Crippen molar-refractivity contribution in [1.82, 2.24) is 41.2 Å². The number of nitrogens with zero attached hydrogens (tertiary/aromatic N) is 8. The van der Waals surface area contributed by atoms with Crippen molar-refractivity contribution in [3.05, 3.63) is 69.4 Å². The quantitative estimate of drug-likeness (QED) is 0.0422. The van der Waals surface area contributed by atoms with Crippen LogP contribution in [0, 0.1) is 27.7 Å². The molecule has 1 aliphatic heterocycles. The second-order valence-corrected chi connectivity index (χ2v) is 15.7. The number of guanidine groups is 4. The summed E-state index contributed by atoms with van der Waals surface area (Å²) in [7, 11) is 0. The lowest BCUT2D eigenvalue weighted by molar-refractivity contribution is 0.0913. The molecule has 400 valence electrons. The minimum Gasteiger partial charge on any atom is -0.443 e. The molecule has 0 fully saturated rings. The summed E-state index contributed by atoms with van der Waals surface area (Å²) in [6.07, 6.45) is 2.16. The van der Waals surface area contributed by atoms with Crippen LogP contribution >= 0.6 is 49.6 Å². The SMILES string of the molecule is Cc1oc2nc1C(=O)N[C@@H](CCCN=C(N)N)c1nc(c(C)o1)C(=O)N[C@@H](CCCN=C(N)N)c1nc(c(C)o1)C(=O)N[C@@H](CCCN=C(N)N)c1nc(c(C)o1)C(=O)N[C@H]2CCCN=C(N)N.Cl.Cl.Cl.Cl. The molecule has 0 radical (unpaired) electrons. The predicted molar refractivity (Wildman–Crippen MR) is 274 cm³/mol. The van der Waals surface area contributed by atoms with E-state index in [0.717, 1.165) is 0 Å². The van der Waals surface area contributed by atoms with Crippen LogP contribution in [0.25, 0.3) is 0 Å². The predicted octanol–water partition coefficient (Wildman–Crippen LogP) is 0.972. The van der Waals surface area contributed by atoms with Crippen molar-refractivity contribution in [2.24, 2.45) is 65.8 Å². The van der Waals surface area contributed by atoms with Gasteiger partial charge < -0.3 is 84.8 Å². The summed E-state index contributed by atoms with van der Waals surface area (Å²) in [6.45, 7) is 6.90. The number of aryl methyl sites for hydroxylation is 4. The summed E-state index contributed by atoms with van der Waals surface area (Å²) in [5.41, 5.74) is 43.9. The van der Waals surface area contributed by atoms with Gasteiger partial charge >= 0.3 is 0 Å². The maximum absolute atomic E-state index is 14.1. The molecule has 32 heteroatoms. The van der Waals surface area contributed by atoms with Crippen LogP contribution in [0.15, 0.2) is 37.6 Å². The number of amides is 4. The Labute approximate surface area is 438 Å². The number of rotatable bonds is 16. The topological polar surface area (TPSA) is 478 Å². The van der Waals surface area contributed by atoms with E-state index in [1.165, 1.54) is 27.7 Å². The fraction of sp³-hybridized carbons (Fsp3) is 0.500. The lowest BCUT2D eigenvalue weighted by Crippen LogP contribution is -2.32. The van der Waals surface area contributed by atoms with Crippen LogP contribution < -0.4 is 67.1 Å². The molecule has 72 heavy (non-hydrogen) atoms. The van der Waals surface area contributed by atoms with Gasteiger partial charge in [0, 0.05) is 26.2 Å². The Balaban J connectivity index is 0.00000648. The standard InChI is InChI=1S/C40H60N20O8.4ClH/c1-17-25-29(61)53-22(10-6-14-50-38(43)44)34-58-27(19(3)66-34)31(63)55-24(12-8-16-52-40(47)48)36-60-28(20(4)68-36)32(64)56-23(11-7-15-51-39(45)46)35-59-26(18(2)67-35)30(62)54-21(33(57-25)65-17)9-5-13-49-37(41)42;;;;/h21-24H,5-16H2,1-4H3,(H,53,61)(H,54,62)(H,55,63)(H,56,64)(H4,41,42,49)(H4,43,44,50)(H4,45,46,51)(H4,47,48,52);4*1H/t21-,22-,23-,24-;;;;/m0..../s1. The van der Waals surface area contributed by atoms with Crippen LogP contribution in [0.1, 0.15) is 164 Å². The molecule has 0 saturated carbocycles. The molecular formula is C40H64Cl4N20O8. The van der Waals surface area contributed by atoms with Crippen LogP contribution in [-0.2, 0) is 0 Å². The van der Waals surface area contributed by atoms with E-state index in [0.29, 0.717) is 25.7 Å². The van der Waals surface area contributed by atoms with E-state index in [4.69, 9.17) is 63.5 Å². The number of nitrogens with two attached hydrogens (primary N) is 8. The highest BCUT2D eigenvalue weighted by Crippen LogP contribution is 2.29. The first kappa shape index (κ1) is 63.0.